The van der Waals surface area contributed by atoms with Crippen LogP contribution >= 0.6 is 0 Å². The van der Waals surface area contributed by atoms with Gasteiger partial charge in [0.1, 0.15) is 5.75 Å². The topological polar surface area (TPSA) is 88.3 Å². The van der Waals surface area contributed by atoms with Crippen LogP contribution in [-0.4, -0.2) is 38.3 Å². The van der Waals surface area contributed by atoms with E-state index in [9.17, 15) is 5.11 Å². The Hall–Kier alpha value is -4.07. The minimum atomic E-state index is 0.0217. The lowest BCUT2D eigenvalue weighted by molar-refractivity contribution is 0.413. The van der Waals surface area contributed by atoms with Crippen LogP contribution in [0.3, 0.4) is 0 Å². The molecule has 0 aliphatic rings. The number of aromatic nitrogens is 4. The van der Waals surface area contributed by atoms with Crippen LogP contribution in [0.15, 0.2) is 67.3 Å². The van der Waals surface area contributed by atoms with E-state index in [1.165, 1.54) is 6.20 Å². The quantitative estimate of drug-likeness (QED) is 0.385. The second-order valence-corrected chi connectivity index (χ2v) is 8.18. The van der Waals surface area contributed by atoms with Crippen LogP contribution in [-0.2, 0) is 0 Å². The number of imidazole rings is 1. The van der Waals surface area contributed by atoms with E-state index in [1.807, 2.05) is 71.1 Å². The number of benzene rings is 2. The summed E-state index contributed by atoms with van der Waals surface area (Å²) in [4.78, 5) is 15.2. The number of aromatic hydroxyl groups is 1. The standard InChI is InChI=1S/C25H28N6O2/c1-17(2)14-31(20-8-6-5-7-9-20)24-22(32)13-26-25(29-24)28-19-10-11-21(23(12-19)33-4)30-15-18(3)27-16-30/h5-13,15-17,32H,14H2,1-4H3,(H,26,28,29). The van der Waals surface area contributed by atoms with Crippen LogP contribution in [0.5, 0.6) is 11.5 Å². The lowest BCUT2D eigenvalue weighted by Gasteiger charge is -2.26. The van der Waals surface area contributed by atoms with E-state index in [-0.39, 0.29) is 5.75 Å². The highest BCUT2D eigenvalue weighted by Gasteiger charge is 2.18. The average molecular weight is 445 g/mol. The molecule has 170 valence electrons. The van der Waals surface area contributed by atoms with Gasteiger partial charge in [-0.1, -0.05) is 32.0 Å². The maximum Gasteiger partial charge on any atom is 0.229 e. The molecule has 0 amide bonds. The van der Waals surface area contributed by atoms with E-state index < -0.39 is 0 Å². The molecule has 0 bridgehead atoms. The number of ether oxygens (including phenoxy) is 1. The normalized spacial score (nSPS) is 10.9. The summed E-state index contributed by atoms with van der Waals surface area (Å²) >= 11 is 0. The van der Waals surface area contributed by atoms with Gasteiger partial charge in [-0.25, -0.2) is 9.97 Å². The maximum atomic E-state index is 10.6. The molecule has 4 rings (SSSR count). The number of para-hydroxylation sites is 1. The summed E-state index contributed by atoms with van der Waals surface area (Å²) in [6.45, 7) is 6.89. The number of rotatable bonds is 8. The Kier molecular flexibility index (Phi) is 6.44. The molecule has 8 heteroatoms. The molecule has 0 radical (unpaired) electrons. The third-order valence-corrected chi connectivity index (χ3v) is 5.05. The van der Waals surface area contributed by atoms with E-state index >= 15 is 0 Å². The van der Waals surface area contributed by atoms with Crippen molar-refractivity contribution in [3.63, 3.8) is 0 Å². The minimum absolute atomic E-state index is 0.0217. The lowest BCUT2D eigenvalue weighted by atomic mass is 10.2. The fourth-order valence-corrected chi connectivity index (χ4v) is 3.56. The number of hydrogen-bond acceptors (Lipinski definition) is 7. The first kappa shape index (κ1) is 22.1. The zero-order chi connectivity index (χ0) is 23.4. The molecule has 2 N–H and O–H groups in total. The molecule has 0 spiro atoms. The third kappa shape index (κ3) is 5.06. The monoisotopic (exact) mass is 444 g/mol. The molecule has 2 heterocycles. The number of aryl methyl sites for hydroxylation is 1. The molecule has 4 aromatic rings. The third-order valence-electron chi connectivity index (χ3n) is 5.05. The Morgan fingerprint density at radius 3 is 2.58 bits per heavy atom. The van der Waals surface area contributed by atoms with Gasteiger partial charge in [-0.15, -0.1) is 0 Å². The fraction of sp³-hybridized carbons (Fsp3) is 0.240. The molecular formula is C25H28N6O2. The first-order valence-corrected chi connectivity index (χ1v) is 10.8. The summed E-state index contributed by atoms with van der Waals surface area (Å²) in [6.07, 6.45) is 5.11. The van der Waals surface area contributed by atoms with E-state index in [0.29, 0.717) is 30.0 Å². The molecule has 0 unspecified atom stereocenters. The van der Waals surface area contributed by atoms with Gasteiger partial charge in [0.2, 0.25) is 5.95 Å². The van der Waals surface area contributed by atoms with Gasteiger partial charge < -0.3 is 24.6 Å². The van der Waals surface area contributed by atoms with Crippen molar-refractivity contribution in [1.82, 2.24) is 19.5 Å². The van der Waals surface area contributed by atoms with Crippen LogP contribution < -0.4 is 15.0 Å². The van der Waals surface area contributed by atoms with Gasteiger partial charge in [0.05, 0.1) is 31.0 Å². The van der Waals surface area contributed by atoms with Gasteiger partial charge in [0.25, 0.3) is 0 Å². The van der Waals surface area contributed by atoms with Gasteiger partial charge >= 0.3 is 0 Å². The largest absolute Gasteiger partial charge is 0.503 e. The predicted octanol–water partition coefficient (Wildman–Crippen LogP) is 5.22. The average Bonchev–Trinajstić information content (AvgIpc) is 3.25. The minimum Gasteiger partial charge on any atom is -0.503 e. The summed E-state index contributed by atoms with van der Waals surface area (Å²) in [6, 6.07) is 15.6. The molecule has 2 aromatic carbocycles. The summed E-state index contributed by atoms with van der Waals surface area (Å²) in [5.74, 6) is 1.89. The van der Waals surface area contributed by atoms with Gasteiger partial charge in [-0.05, 0) is 37.1 Å². The van der Waals surface area contributed by atoms with Crippen LogP contribution in [0.25, 0.3) is 5.69 Å². The smallest absolute Gasteiger partial charge is 0.229 e. The molecule has 0 atom stereocenters. The predicted molar refractivity (Wildman–Crippen MR) is 130 cm³/mol. The van der Waals surface area contributed by atoms with Crippen molar-refractivity contribution >= 4 is 23.1 Å². The number of nitrogens with zero attached hydrogens (tertiary/aromatic N) is 5. The molecular weight excluding hydrogens is 416 g/mol. The highest BCUT2D eigenvalue weighted by molar-refractivity contribution is 5.68. The van der Waals surface area contributed by atoms with Gasteiger partial charge in [-0.3, -0.25) is 0 Å². The molecule has 8 nitrogen and oxygen atoms in total. The fourth-order valence-electron chi connectivity index (χ4n) is 3.56. The van der Waals surface area contributed by atoms with Crippen molar-refractivity contribution in [1.29, 1.82) is 0 Å². The van der Waals surface area contributed by atoms with Crippen LogP contribution in [0.4, 0.5) is 23.1 Å². The molecule has 33 heavy (non-hydrogen) atoms. The van der Waals surface area contributed by atoms with Crippen molar-refractivity contribution in [3.05, 3.63) is 72.9 Å². The van der Waals surface area contributed by atoms with Crippen molar-refractivity contribution in [2.24, 2.45) is 5.92 Å². The molecule has 0 fully saturated rings. The molecule has 0 aliphatic heterocycles. The Balaban J connectivity index is 1.65. The van der Waals surface area contributed by atoms with E-state index in [2.05, 4.69) is 34.1 Å². The van der Waals surface area contributed by atoms with Crippen molar-refractivity contribution in [2.75, 3.05) is 23.9 Å². The highest BCUT2D eigenvalue weighted by atomic mass is 16.5. The van der Waals surface area contributed by atoms with Gasteiger partial charge in [0.15, 0.2) is 11.6 Å². The summed E-state index contributed by atoms with van der Waals surface area (Å²) < 4.78 is 7.51. The van der Waals surface area contributed by atoms with E-state index in [0.717, 1.165) is 22.8 Å². The molecule has 0 saturated carbocycles. The Bertz CT molecular complexity index is 1220. The molecule has 2 aromatic heterocycles. The SMILES string of the molecule is COc1cc(Nc2ncc(O)c(N(CC(C)C)c3ccccc3)n2)ccc1-n1cnc(C)c1. The van der Waals surface area contributed by atoms with Crippen LogP contribution in [0, 0.1) is 12.8 Å². The number of anilines is 4. The van der Waals surface area contributed by atoms with Crippen molar-refractivity contribution in [2.45, 2.75) is 20.8 Å². The summed E-state index contributed by atoms with van der Waals surface area (Å²) in [7, 11) is 1.63. The van der Waals surface area contributed by atoms with Crippen LogP contribution in [0.1, 0.15) is 19.5 Å². The number of methoxy groups -OCH3 is 1. The van der Waals surface area contributed by atoms with Crippen molar-refractivity contribution < 1.29 is 9.84 Å². The second kappa shape index (κ2) is 9.60. The summed E-state index contributed by atoms with van der Waals surface area (Å²) in [5, 5.41) is 13.8. The molecule has 0 saturated heterocycles. The number of nitrogens with one attached hydrogen (secondary N) is 1. The maximum absolute atomic E-state index is 10.6. The lowest BCUT2D eigenvalue weighted by Crippen LogP contribution is -2.23. The number of hydrogen-bond donors (Lipinski definition) is 2. The first-order chi connectivity index (χ1) is 15.9. The van der Waals surface area contributed by atoms with Gasteiger partial charge in [-0.2, -0.15) is 4.98 Å². The summed E-state index contributed by atoms with van der Waals surface area (Å²) in [5.41, 5.74) is 3.52. The molecule has 0 aliphatic carbocycles. The van der Waals surface area contributed by atoms with Crippen LogP contribution in [0.2, 0.25) is 0 Å². The van der Waals surface area contributed by atoms with Crippen molar-refractivity contribution in [3.8, 4) is 17.2 Å². The van der Waals surface area contributed by atoms with E-state index in [4.69, 9.17) is 4.74 Å². The Morgan fingerprint density at radius 1 is 1.12 bits per heavy atom. The Labute approximate surface area is 193 Å². The zero-order valence-electron chi connectivity index (χ0n) is 19.2. The zero-order valence-corrected chi connectivity index (χ0v) is 19.2. The van der Waals surface area contributed by atoms with E-state index in [1.54, 1.807) is 13.4 Å². The van der Waals surface area contributed by atoms with Gasteiger partial charge in [0, 0.05) is 30.2 Å². The second-order valence-electron chi connectivity index (χ2n) is 8.18. The highest BCUT2D eigenvalue weighted by Crippen LogP contribution is 2.33. The Morgan fingerprint density at radius 2 is 1.91 bits per heavy atom. The first-order valence-electron chi connectivity index (χ1n) is 10.8.